The first-order valence-corrected chi connectivity index (χ1v) is 3.85. The van der Waals surface area contributed by atoms with Crippen LogP contribution in [0.1, 0.15) is 27.2 Å². The third kappa shape index (κ3) is 1.82. The number of aliphatic carboxylic acids is 1. The van der Waals surface area contributed by atoms with Crippen molar-refractivity contribution in [2.45, 2.75) is 27.2 Å². The Bertz CT molecular complexity index is 214. The number of carboxylic acids is 1. The lowest BCUT2D eigenvalue weighted by Crippen LogP contribution is -1.97. The summed E-state index contributed by atoms with van der Waals surface area (Å²) in [5, 5.41) is 8.56. The maximum absolute atomic E-state index is 10.4. The van der Waals surface area contributed by atoms with Crippen molar-refractivity contribution in [1.29, 1.82) is 0 Å². The first kappa shape index (κ1) is 8.31. The van der Waals surface area contributed by atoms with Crippen LogP contribution >= 0.6 is 0 Å². The molecule has 0 aromatic heterocycles. The number of hydrogen-bond donors (Lipinski definition) is 1. The minimum absolute atomic E-state index is 0.344. The molecule has 1 saturated carbocycles. The number of rotatable bonds is 2. The summed E-state index contributed by atoms with van der Waals surface area (Å²) < 4.78 is 0. The van der Waals surface area contributed by atoms with Gasteiger partial charge in [-0.1, -0.05) is 19.9 Å². The van der Waals surface area contributed by atoms with Gasteiger partial charge in [0.15, 0.2) is 0 Å². The zero-order chi connectivity index (χ0) is 8.65. The molecule has 0 spiro atoms. The van der Waals surface area contributed by atoms with Crippen LogP contribution in [-0.2, 0) is 4.79 Å². The van der Waals surface area contributed by atoms with Gasteiger partial charge in [0.25, 0.3) is 0 Å². The molecule has 0 radical (unpaired) electrons. The van der Waals surface area contributed by atoms with Crippen LogP contribution in [0.25, 0.3) is 0 Å². The van der Waals surface area contributed by atoms with Crippen molar-refractivity contribution in [3.63, 3.8) is 0 Å². The van der Waals surface area contributed by atoms with E-state index in [2.05, 4.69) is 13.8 Å². The van der Waals surface area contributed by atoms with Gasteiger partial charge in [-0.25, -0.2) is 4.79 Å². The molecule has 0 aliphatic heterocycles. The summed E-state index contributed by atoms with van der Waals surface area (Å²) in [6.07, 6.45) is 2.99. The fourth-order valence-corrected chi connectivity index (χ4v) is 1.17. The lowest BCUT2D eigenvalue weighted by Gasteiger charge is -1.97. The van der Waals surface area contributed by atoms with E-state index in [0.29, 0.717) is 16.9 Å². The summed E-state index contributed by atoms with van der Waals surface area (Å²) in [4.78, 5) is 10.4. The monoisotopic (exact) mass is 154 g/mol. The number of carboxylic acid groups (broad SMARTS) is 1. The Labute approximate surface area is 66.9 Å². The van der Waals surface area contributed by atoms with Crippen LogP contribution in [0.4, 0.5) is 0 Å². The normalized spacial score (nSPS) is 28.3. The van der Waals surface area contributed by atoms with E-state index >= 15 is 0 Å². The molecule has 1 rings (SSSR count). The van der Waals surface area contributed by atoms with Gasteiger partial charge >= 0.3 is 5.97 Å². The van der Waals surface area contributed by atoms with Crippen LogP contribution in [-0.4, -0.2) is 11.1 Å². The predicted molar refractivity (Wildman–Crippen MR) is 43.3 cm³/mol. The topological polar surface area (TPSA) is 37.3 Å². The SMILES string of the molecule is CC(=CC1CC1(C)C)C(=O)O. The van der Waals surface area contributed by atoms with Gasteiger partial charge in [0.2, 0.25) is 0 Å². The number of hydrogen-bond acceptors (Lipinski definition) is 1. The molecular formula is C9H14O2. The average Bonchev–Trinajstić information content (AvgIpc) is 2.39. The van der Waals surface area contributed by atoms with E-state index in [1.165, 1.54) is 0 Å². The second-order valence-corrected chi connectivity index (χ2v) is 3.95. The highest BCUT2D eigenvalue weighted by Gasteiger charge is 2.43. The molecule has 0 bridgehead atoms. The molecule has 0 amide bonds. The van der Waals surface area contributed by atoms with Crippen LogP contribution in [0.3, 0.4) is 0 Å². The van der Waals surface area contributed by atoms with Crippen LogP contribution in [0.5, 0.6) is 0 Å². The minimum Gasteiger partial charge on any atom is -0.478 e. The molecule has 62 valence electrons. The van der Waals surface area contributed by atoms with Crippen LogP contribution in [0.15, 0.2) is 11.6 Å². The molecule has 0 saturated heterocycles. The van der Waals surface area contributed by atoms with Gasteiger partial charge in [0.05, 0.1) is 0 Å². The Morgan fingerprint density at radius 1 is 1.64 bits per heavy atom. The fraction of sp³-hybridized carbons (Fsp3) is 0.667. The van der Waals surface area contributed by atoms with E-state index < -0.39 is 5.97 Å². The van der Waals surface area contributed by atoms with Crippen molar-refractivity contribution in [3.8, 4) is 0 Å². The van der Waals surface area contributed by atoms with Gasteiger partial charge in [-0.05, 0) is 24.7 Å². The zero-order valence-electron chi connectivity index (χ0n) is 7.22. The van der Waals surface area contributed by atoms with Gasteiger partial charge in [0.1, 0.15) is 0 Å². The highest BCUT2D eigenvalue weighted by Crippen LogP contribution is 2.52. The van der Waals surface area contributed by atoms with Crippen LogP contribution in [0.2, 0.25) is 0 Å². The van der Waals surface area contributed by atoms with Crippen molar-refractivity contribution >= 4 is 5.97 Å². The Balaban J connectivity index is 2.55. The molecule has 1 atom stereocenters. The van der Waals surface area contributed by atoms with Gasteiger partial charge in [-0.15, -0.1) is 0 Å². The molecule has 2 heteroatoms. The standard InChI is InChI=1S/C9H14O2/c1-6(8(10)11)4-7-5-9(7,2)3/h4,7H,5H2,1-3H3,(H,10,11). The summed E-state index contributed by atoms with van der Waals surface area (Å²) in [5.74, 6) is -0.314. The maximum Gasteiger partial charge on any atom is 0.330 e. The van der Waals surface area contributed by atoms with Gasteiger partial charge < -0.3 is 5.11 Å². The van der Waals surface area contributed by atoms with E-state index in [-0.39, 0.29) is 0 Å². The van der Waals surface area contributed by atoms with E-state index in [0.717, 1.165) is 6.42 Å². The molecule has 2 nitrogen and oxygen atoms in total. The lowest BCUT2D eigenvalue weighted by molar-refractivity contribution is -0.132. The summed E-state index contributed by atoms with van der Waals surface area (Å²) >= 11 is 0. The minimum atomic E-state index is -0.798. The Hall–Kier alpha value is -0.790. The Kier molecular flexibility index (Phi) is 1.78. The van der Waals surface area contributed by atoms with E-state index in [4.69, 9.17) is 5.11 Å². The third-order valence-electron chi connectivity index (χ3n) is 2.38. The molecule has 1 aliphatic carbocycles. The first-order chi connectivity index (χ1) is 4.93. The molecule has 1 unspecified atom stereocenters. The maximum atomic E-state index is 10.4. The second-order valence-electron chi connectivity index (χ2n) is 3.95. The van der Waals surface area contributed by atoms with E-state index in [1.54, 1.807) is 6.92 Å². The second kappa shape index (κ2) is 2.36. The lowest BCUT2D eigenvalue weighted by atomic mass is 10.1. The predicted octanol–water partition coefficient (Wildman–Crippen LogP) is 2.06. The molecule has 0 heterocycles. The first-order valence-electron chi connectivity index (χ1n) is 3.85. The van der Waals surface area contributed by atoms with Crippen molar-refractivity contribution in [1.82, 2.24) is 0 Å². The van der Waals surface area contributed by atoms with Gasteiger partial charge in [-0.3, -0.25) is 0 Å². The third-order valence-corrected chi connectivity index (χ3v) is 2.38. The van der Waals surface area contributed by atoms with Crippen molar-refractivity contribution in [2.24, 2.45) is 11.3 Å². The highest BCUT2D eigenvalue weighted by atomic mass is 16.4. The molecule has 0 aromatic carbocycles. The Morgan fingerprint density at radius 2 is 2.09 bits per heavy atom. The zero-order valence-corrected chi connectivity index (χ0v) is 7.22. The summed E-state index contributed by atoms with van der Waals surface area (Å²) in [6.45, 7) is 5.96. The van der Waals surface area contributed by atoms with Crippen molar-refractivity contribution < 1.29 is 9.90 Å². The molecule has 1 N–H and O–H groups in total. The summed E-state index contributed by atoms with van der Waals surface area (Å²) in [6, 6.07) is 0. The molecule has 1 fully saturated rings. The molecule has 11 heavy (non-hydrogen) atoms. The largest absolute Gasteiger partial charge is 0.478 e. The fourth-order valence-electron chi connectivity index (χ4n) is 1.17. The van der Waals surface area contributed by atoms with Gasteiger partial charge in [-0.2, -0.15) is 0 Å². The molecule has 0 aromatic rings. The van der Waals surface area contributed by atoms with Crippen LogP contribution in [0, 0.1) is 11.3 Å². The van der Waals surface area contributed by atoms with E-state index in [9.17, 15) is 4.79 Å². The molecular weight excluding hydrogens is 140 g/mol. The van der Waals surface area contributed by atoms with Crippen molar-refractivity contribution in [3.05, 3.63) is 11.6 Å². The number of carbonyl (C=O) groups is 1. The van der Waals surface area contributed by atoms with E-state index in [1.807, 2.05) is 6.08 Å². The van der Waals surface area contributed by atoms with Crippen LogP contribution < -0.4 is 0 Å². The Morgan fingerprint density at radius 3 is 2.36 bits per heavy atom. The quantitative estimate of drug-likeness (QED) is 0.618. The van der Waals surface area contributed by atoms with Crippen molar-refractivity contribution in [2.75, 3.05) is 0 Å². The van der Waals surface area contributed by atoms with Gasteiger partial charge in [0, 0.05) is 5.57 Å². The highest BCUT2D eigenvalue weighted by molar-refractivity contribution is 5.85. The smallest absolute Gasteiger partial charge is 0.330 e. The molecule has 1 aliphatic rings. The summed E-state index contributed by atoms with van der Waals surface area (Å²) in [7, 11) is 0. The average molecular weight is 154 g/mol. The number of allylic oxidation sites excluding steroid dienone is 1. The summed E-state index contributed by atoms with van der Waals surface area (Å²) in [5.41, 5.74) is 0.817.